The minimum Gasteiger partial charge on any atom is -0.340 e. The van der Waals surface area contributed by atoms with E-state index < -0.39 is 0 Å². The molecule has 0 heterocycles. The van der Waals surface area contributed by atoms with Gasteiger partial charge in [0.2, 0.25) is 5.91 Å². The zero-order valence-corrected chi connectivity index (χ0v) is 12.2. The van der Waals surface area contributed by atoms with Gasteiger partial charge in [0.25, 0.3) is 0 Å². The molecule has 17 heavy (non-hydrogen) atoms. The van der Waals surface area contributed by atoms with Crippen LogP contribution in [0.3, 0.4) is 0 Å². The molecule has 2 unspecified atom stereocenters. The second-order valence-corrected chi connectivity index (χ2v) is 5.31. The van der Waals surface area contributed by atoms with Crippen LogP contribution in [0.4, 0.5) is 0 Å². The summed E-state index contributed by atoms with van der Waals surface area (Å²) >= 11 is 0. The topological polar surface area (TPSA) is 46.3 Å². The van der Waals surface area contributed by atoms with E-state index in [1.54, 1.807) is 0 Å². The van der Waals surface area contributed by atoms with Crippen molar-refractivity contribution in [2.75, 3.05) is 6.54 Å². The Morgan fingerprint density at radius 3 is 2.24 bits per heavy atom. The second-order valence-electron chi connectivity index (χ2n) is 5.31. The molecule has 0 saturated heterocycles. The van der Waals surface area contributed by atoms with Crippen molar-refractivity contribution in [1.29, 1.82) is 0 Å². The molecule has 0 spiro atoms. The molecular formula is C14H30N2O. The zero-order valence-electron chi connectivity index (χ0n) is 12.2. The van der Waals surface area contributed by atoms with Gasteiger partial charge in [-0.3, -0.25) is 4.79 Å². The van der Waals surface area contributed by atoms with E-state index in [1.165, 1.54) is 0 Å². The van der Waals surface area contributed by atoms with Gasteiger partial charge in [-0.05, 0) is 25.7 Å². The lowest BCUT2D eigenvalue weighted by Gasteiger charge is -2.30. The van der Waals surface area contributed by atoms with E-state index in [0.29, 0.717) is 18.4 Å². The molecule has 0 fully saturated rings. The van der Waals surface area contributed by atoms with Crippen LogP contribution in [-0.4, -0.2) is 29.4 Å². The van der Waals surface area contributed by atoms with Crippen molar-refractivity contribution in [2.24, 2.45) is 11.7 Å². The highest BCUT2D eigenvalue weighted by atomic mass is 16.2. The number of hydrogen-bond acceptors (Lipinski definition) is 2. The minimum atomic E-state index is -0.0179. The Morgan fingerprint density at radius 2 is 1.82 bits per heavy atom. The van der Waals surface area contributed by atoms with Gasteiger partial charge in [-0.25, -0.2) is 0 Å². The Hall–Kier alpha value is -0.570. The number of hydrogen-bond donors (Lipinski definition) is 1. The highest BCUT2D eigenvalue weighted by molar-refractivity contribution is 5.77. The molecule has 0 bridgehead atoms. The van der Waals surface area contributed by atoms with Crippen molar-refractivity contribution in [2.45, 2.75) is 72.4 Å². The van der Waals surface area contributed by atoms with E-state index in [1.807, 2.05) is 4.90 Å². The van der Waals surface area contributed by atoms with Crippen molar-refractivity contribution >= 4 is 5.91 Å². The lowest BCUT2D eigenvalue weighted by Crippen LogP contribution is -2.42. The van der Waals surface area contributed by atoms with Crippen LogP contribution < -0.4 is 5.73 Å². The third kappa shape index (κ3) is 6.06. The summed E-state index contributed by atoms with van der Waals surface area (Å²) < 4.78 is 0. The molecule has 0 aromatic carbocycles. The van der Waals surface area contributed by atoms with Crippen molar-refractivity contribution in [3.8, 4) is 0 Å². The van der Waals surface area contributed by atoms with Crippen molar-refractivity contribution < 1.29 is 4.79 Å². The van der Waals surface area contributed by atoms with Gasteiger partial charge in [-0.2, -0.15) is 0 Å². The Balaban J connectivity index is 4.41. The highest BCUT2D eigenvalue weighted by Crippen LogP contribution is 2.11. The molecule has 0 aromatic rings. The summed E-state index contributed by atoms with van der Waals surface area (Å²) in [4.78, 5) is 14.2. The zero-order chi connectivity index (χ0) is 13.4. The first-order chi connectivity index (χ1) is 7.93. The molecule has 2 N–H and O–H groups in total. The van der Waals surface area contributed by atoms with E-state index >= 15 is 0 Å². The summed E-state index contributed by atoms with van der Waals surface area (Å²) in [7, 11) is 0. The number of rotatable bonds is 8. The molecule has 0 aliphatic carbocycles. The van der Waals surface area contributed by atoms with Gasteiger partial charge in [-0.15, -0.1) is 0 Å². The Labute approximate surface area is 107 Å². The van der Waals surface area contributed by atoms with Crippen LogP contribution in [0.5, 0.6) is 0 Å². The monoisotopic (exact) mass is 242 g/mol. The average molecular weight is 242 g/mol. The summed E-state index contributed by atoms with van der Waals surface area (Å²) in [6.07, 6.45) is 3.68. The van der Waals surface area contributed by atoms with Crippen LogP contribution in [0.1, 0.15) is 60.3 Å². The van der Waals surface area contributed by atoms with Gasteiger partial charge in [0, 0.05) is 25.0 Å². The van der Waals surface area contributed by atoms with E-state index in [0.717, 1.165) is 25.8 Å². The molecule has 0 rings (SSSR count). The maximum Gasteiger partial charge on any atom is 0.224 e. The Bertz CT molecular complexity index is 216. The fourth-order valence-corrected chi connectivity index (χ4v) is 1.69. The van der Waals surface area contributed by atoms with E-state index in [-0.39, 0.29) is 11.9 Å². The minimum absolute atomic E-state index is 0.0179. The molecule has 0 radical (unpaired) electrons. The van der Waals surface area contributed by atoms with Crippen molar-refractivity contribution in [3.05, 3.63) is 0 Å². The molecule has 0 aliphatic rings. The second kappa shape index (κ2) is 8.51. The van der Waals surface area contributed by atoms with E-state index in [9.17, 15) is 4.79 Å². The largest absolute Gasteiger partial charge is 0.340 e. The van der Waals surface area contributed by atoms with Gasteiger partial charge < -0.3 is 10.6 Å². The molecule has 0 aromatic heterocycles. The summed E-state index contributed by atoms with van der Waals surface area (Å²) in [5.74, 6) is 0.581. The molecule has 102 valence electrons. The lowest BCUT2D eigenvalue weighted by molar-refractivity contribution is -0.134. The molecule has 3 nitrogen and oxygen atoms in total. The van der Waals surface area contributed by atoms with Gasteiger partial charge in [-0.1, -0.05) is 34.1 Å². The third-order valence-corrected chi connectivity index (χ3v) is 3.46. The lowest BCUT2D eigenvalue weighted by atomic mass is 10.0. The van der Waals surface area contributed by atoms with Crippen LogP contribution in [0.15, 0.2) is 0 Å². The quantitative estimate of drug-likeness (QED) is 0.711. The first-order valence-electron chi connectivity index (χ1n) is 6.99. The number of nitrogens with zero attached hydrogens (tertiary/aromatic N) is 1. The highest BCUT2D eigenvalue weighted by Gasteiger charge is 2.21. The van der Waals surface area contributed by atoms with Crippen LogP contribution in [-0.2, 0) is 4.79 Å². The Morgan fingerprint density at radius 1 is 1.24 bits per heavy atom. The van der Waals surface area contributed by atoms with Crippen molar-refractivity contribution in [3.63, 3.8) is 0 Å². The van der Waals surface area contributed by atoms with Crippen LogP contribution >= 0.6 is 0 Å². The molecule has 3 heteroatoms. The summed E-state index contributed by atoms with van der Waals surface area (Å²) in [6.45, 7) is 11.4. The smallest absolute Gasteiger partial charge is 0.224 e. The molecule has 0 aliphatic heterocycles. The first-order valence-corrected chi connectivity index (χ1v) is 6.99. The van der Waals surface area contributed by atoms with Crippen LogP contribution in [0.25, 0.3) is 0 Å². The number of nitrogens with two attached hydrogens (primary N) is 1. The van der Waals surface area contributed by atoms with Crippen LogP contribution in [0, 0.1) is 5.92 Å². The number of carbonyl (C=O) groups excluding carboxylic acids is 1. The fraction of sp³-hybridized carbons (Fsp3) is 0.929. The maximum atomic E-state index is 12.2. The first kappa shape index (κ1) is 16.4. The fourth-order valence-electron chi connectivity index (χ4n) is 1.69. The van der Waals surface area contributed by atoms with Crippen LogP contribution in [0.2, 0.25) is 0 Å². The summed E-state index contributed by atoms with van der Waals surface area (Å²) in [6, 6.07) is 0.309. The molecule has 2 atom stereocenters. The van der Waals surface area contributed by atoms with E-state index in [4.69, 9.17) is 5.73 Å². The van der Waals surface area contributed by atoms with Gasteiger partial charge in [0.1, 0.15) is 0 Å². The summed E-state index contributed by atoms with van der Waals surface area (Å²) in [5, 5.41) is 0. The average Bonchev–Trinajstić information content (AvgIpc) is 2.28. The summed E-state index contributed by atoms with van der Waals surface area (Å²) in [5.41, 5.74) is 5.98. The number of amides is 1. The van der Waals surface area contributed by atoms with Crippen molar-refractivity contribution in [1.82, 2.24) is 4.90 Å². The number of carbonyl (C=O) groups is 1. The Kier molecular flexibility index (Phi) is 8.23. The van der Waals surface area contributed by atoms with Gasteiger partial charge >= 0.3 is 0 Å². The maximum absolute atomic E-state index is 12.2. The predicted octanol–water partition coefficient (Wildman–Crippen LogP) is 2.79. The normalized spacial score (nSPS) is 14.8. The van der Waals surface area contributed by atoms with Gasteiger partial charge in [0.05, 0.1) is 0 Å². The van der Waals surface area contributed by atoms with Gasteiger partial charge in [0.15, 0.2) is 0 Å². The number of unbranched alkanes of at least 4 members (excludes halogenated alkanes) is 1. The predicted molar refractivity (Wildman–Crippen MR) is 73.8 cm³/mol. The molecule has 0 saturated carbocycles. The SMILES string of the molecule is CCCCN(C(=O)CC(N)C(C)C)C(C)CC. The standard InChI is InChI=1S/C14H30N2O/c1-6-8-9-16(12(5)7-2)14(17)10-13(15)11(3)4/h11-13H,6-10,15H2,1-5H3. The van der Waals surface area contributed by atoms with E-state index in [2.05, 4.69) is 34.6 Å². The molecule has 1 amide bonds. The molecular weight excluding hydrogens is 212 g/mol. The third-order valence-electron chi connectivity index (χ3n) is 3.46.